The number of anilines is 3. The largest absolute Gasteiger partial charge is 0.480 e. The number of piperidine rings is 1. The Hall–Kier alpha value is -4.29. The summed E-state index contributed by atoms with van der Waals surface area (Å²) >= 11 is 0. The second-order valence-electron chi connectivity index (χ2n) is 11.3. The molecule has 11 nitrogen and oxygen atoms in total. The summed E-state index contributed by atoms with van der Waals surface area (Å²) in [6.45, 7) is 4.39. The molecule has 4 N–H and O–H groups in total. The fourth-order valence-electron chi connectivity index (χ4n) is 6.17. The van der Waals surface area contributed by atoms with E-state index in [9.17, 15) is 18.3 Å². The van der Waals surface area contributed by atoms with Gasteiger partial charge in [0.15, 0.2) is 0 Å². The van der Waals surface area contributed by atoms with E-state index in [0.29, 0.717) is 23.5 Å². The lowest BCUT2D eigenvalue weighted by atomic mass is 9.92. The lowest BCUT2D eigenvalue weighted by Gasteiger charge is -2.34. The normalized spacial score (nSPS) is 16.2. The molecule has 2 aliphatic heterocycles. The molecule has 230 valence electrons. The Morgan fingerprint density at radius 3 is 2.68 bits per heavy atom. The third kappa shape index (κ3) is 6.18. The van der Waals surface area contributed by atoms with E-state index in [1.807, 2.05) is 25.1 Å². The van der Waals surface area contributed by atoms with Crippen LogP contribution in [0.25, 0.3) is 10.8 Å². The van der Waals surface area contributed by atoms with Gasteiger partial charge in [0.05, 0.1) is 4.90 Å². The molecular formula is C32H37N7O4S. The van der Waals surface area contributed by atoms with Crippen molar-refractivity contribution >= 4 is 44.2 Å². The molecule has 1 saturated heterocycles. The number of nitrogens with zero attached hydrogens (tertiary/aromatic N) is 4. The molecule has 1 atom stereocenters. The highest BCUT2D eigenvalue weighted by Crippen LogP contribution is 2.33. The van der Waals surface area contributed by atoms with Gasteiger partial charge >= 0.3 is 5.97 Å². The third-order valence-electron chi connectivity index (χ3n) is 8.51. The number of carboxylic acids is 1. The maximum atomic E-state index is 13.3. The van der Waals surface area contributed by atoms with Gasteiger partial charge in [-0.1, -0.05) is 49.4 Å². The summed E-state index contributed by atoms with van der Waals surface area (Å²) in [4.78, 5) is 28.4. The maximum Gasteiger partial charge on any atom is 0.323 e. The van der Waals surface area contributed by atoms with E-state index >= 15 is 0 Å². The lowest BCUT2D eigenvalue weighted by molar-refractivity contribution is -0.138. The Bertz CT molecular complexity index is 1770. The van der Waals surface area contributed by atoms with Crippen molar-refractivity contribution < 1.29 is 18.3 Å². The second-order valence-corrected chi connectivity index (χ2v) is 13.0. The predicted octanol–water partition coefficient (Wildman–Crippen LogP) is 4.17. The van der Waals surface area contributed by atoms with E-state index in [1.165, 1.54) is 18.0 Å². The zero-order valence-electron chi connectivity index (χ0n) is 24.7. The zero-order chi connectivity index (χ0) is 30.7. The number of hydrogen-bond acceptors (Lipinski definition) is 9. The van der Waals surface area contributed by atoms with Gasteiger partial charge in [0.25, 0.3) is 0 Å². The number of aromatic nitrogens is 3. The van der Waals surface area contributed by atoms with E-state index in [2.05, 4.69) is 42.4 Å². The quantitative estimate of drug-likeness (QED) is 0.205. The molecule has 44 heavy (non-hydrogen) atoms. The van der Waals surface area contributed by atoms with Crippen LogP contribution < -0.4 is 20.3 Å². The number of carboxylic acid groups (broad SMARTS) is 1. The molecule has 0 amide bonds. The fourth-order valence-corrected chi connectivity index (χ4v) is 7.59. The topological polar surface area (TPSA) is 149 Å². The number of pyridine rings is 1. The fraction of sp³-hybridized carbons (Fsp3) is 0.375. The molecule has 0 unspecified atom stereocenters. The van der Waals surface area contributed by atoms with E-state index in [-0.39, 0.29) is 11.4 Å². The number of sulfonamides is 1. The van der Waals surface area contributed by atoms with Crippen molar-refractivity contribution in [2.75, 3.05) is 41.7 Å². The smallest absolute Gasteiger partial charge is 0.323 e. The van der Waals surface area contributed by atoms with E-state index in [0.717, 1.165) is 73.6 Å². The molecule has 1 fully saturated rings. The number of carbonyl (C=O) groups is 1. The van der Waals surface area contributed by atoms with Crippen LogP contribution in [0.4, 0.5) is 17.5 Å². The number of rotatable bonds is 10. The maximum absolute atomic E-state index is 13.3. The monoisotopic (exact) mass is 615 g/mol. The van der Waals surface area contributed by atoms with Gasteiger partial charge in [0.2, 0.25) is 10.0 Å². The van der Waals surface area contributed by atoms with Gasteiger partial charge in [-0.15, -0.1) is 0 Å². The summed E-state index contributed by atoms with van der Waals surface area (Å²) in [5, 5.41) is 17.7. The summed E-state index contributed by atoms with van der Waals surface area (Å²) < 4.78 is 29.0. The average Bonchev–Trinajstić information content (AvgIpc) is 3.05. The van der Waals surface area contributed by atoms with Crippen molar-refractivity contribution in [3.05, 3.63) is 77.7 Å². The molecule has 2 aliphatic rings. The van der Waals surface area contributed by atoms with Gasteiger partial charge in [0, 0.05) is 48.7 Å². The Labute approximate surface area is 257 Å². The van der Waals surface area contributed by atoms with E-state index < -0.39 is 22.0 Å². The first-order valence-corrected chi connectivity index (χ1v) is 16.6. The van der Waals surface area contributed by atoms with Crippen molar-refractivity contribution in [1.29, 1.82) is 0 Å². The highest BCUT2D eigenvalue weighted by molar-refractivity contribution is 7.89. The number of nitrogens with one attached hydrogen (secondary N) is 3. The molecule has 0 bridgehead atoms. The van der Waals surface area contributed by atoms with Crippen LogP contribution in [0.2, 0.25) is 0 Å². The highest BCUT2D eigenvalue weighted by Gasteiger charge is 2.29. The minimum atomic E-state index is -4.13. The van der Waals surface area contributed by atoms with Gasteiger partial charge in [0.1, 0.15) is 29.8 Å². The van der Waals surface area contributed by atoms with E-state index in [1.54, 1.807) is 18.2 Å². The number of fused-ring (bicyclic) bond motifs is 2. The highest BCUT2D eigenvalue weighted by atomic mass is 32.2. The van der Waals surface area contributed by atoms with Crippen molar-refractivity contribution in [3.8, 4) is 0 Å². The van der Waals surface area contributed by atoms with Crippen LogP contribution in [0.3, 0.4) is 0 Å². The third-order valence-corrected chi connectivity index (χ3v) is 10.0. The molecule has 2 aromatic heterocycles. The van der Waals surface area contributed by atoms with Crippen LogP contribution in [0, 0.1) is 0 Å². The summed E-state index contributed by atoms with van der Waals surface area (Å²) in [5.41, 5.74) is 3.28. The van der Waals surface area contributed by atoms with Crippen molar-refractivity contribution in [3.63, 3.8) is 0 Å². The van der Waals surface area contributed by atoms with Crippen LogP contribution in [-0.2, 0) is 27.7 Å². The van der Waals surface area contributed by atoms with E-state index in [4.69, 9.17) is 4.98 Å². The molecule has 2 aromatic carbocycles. The predicted molar refractivity (Wildman–Crippen MR) is 171 cm³/mol. The summed E-state index contributed by atoms with van der Waals surface area (Å²) in [5.74, 6) is 1.41. The number of benzene rings is 2. The number of aryl methyl sites for hydroxylation is 1. The molecule has 0 saturated carbocycles. The Balaban J connectivity index is 1.14. The van der Waals surface area contributed by atoms with Gasteiger partial charge in [-0.2, -0.15) is 4.72 Å². The molecule has 4 aromatic rings. The molecular weight excluding hydrogens is 578 g/mol. The molecule has 0 spiro atoms. The number of hydrogen-bond donors (Lipinski definition) is 4. The Morgan fingerprint density at radius 1 is 1.09 bits per heavy atom. The Kier molecular flexibility index (Phi) is 8.62. The molecule has 6 rings (SSSR count). The minimum absolute atomic E-state index is 0.0330. The van der Waals surface area contributed by atoms with Gasteiger partial charge < -0.3 is 20.6 Å². The van der Waals surface area contributed by atoms with Gasteiger partial charge in [-0.05, 0) is 55.2 Å². The Morgan fingerprint density at radius 2 is 1.89 bits per heavy atom. The van der Waals surface area contributed by atoms with Crippen LogP contribution in [-0.4, -0.2) is 66.7 Å². The number of aliphatic carboxylic acids is 1. The van der Waals surface area contributed by atoms with Crippen LogP contribution in [0.5, 0.6) is 0 Å². The van der Waals surface area contributed by atoms with Gasteiger partial charge in [-0.25, -0.2) is 23.4 Å². The SMILES string of the molecule is CCc1c(NC[C@H](NS(=O)(=O)c2cccc3ccccc23)C(=O)O)ncnc1N1CCC(c2ccc3c(n2)NCCC3)CC1. The minimum Gasteiger partial charge on any atom is -0.480 e. The summed E-state index contributed by atoms with van der Waals surface area (Å²) in [6, 6.07) is 15.0. The zero-order valence-corrected chi connectivity index (χ0v) is 25.5. The van der Waals surface area contributed by atoms with Crippen molar-refractivity contribution in [2.24, 2.45) is 0 Å². The van der Waals surface area contributed by atoms with Gasteiger partial charge in [-0.3, -0.25) is 4.79 Å². The first kappa shape index (κ1) is 29.8. The molecule has 0 radical (unpaired) electrons. The molecule has 4 heterocycles. The summed E-state index contributed by atoms with van der Waals surface area (Å²) in [7, 11) is -4.13. The molecule has 12 heteroatoms. The summed E-state index contributed by atoms with van der Waals surface area (Å²) in [6.07, 6.45) is 6.18. The first-order chi connectivity index (χ1) is 21.3. The molecule has 0 aliphatic carbocycles. The van der Waals surface area contributed by atoms with Crippen LogP contribution in [0.1, 0.15) is 48.9 Å². The lowest BCUT2D eigenvalue weighted by Crippen LogP contribution is -2.45. The van der Waals surface area contributed by atoms with Crippen molar-refractivity contribution in [1.82, 2.24) is 19.7 Å². The average molecular weight is 616 g/mol. The standard InChI is InChI=1S/C32H37N7O4S/c1-2-24-30(34-19-27(32(40)41)38-44(42,43)28-11-5-8-21-7-3-4-10-25(21)28)35-20-36-31(24)39-17-14-22(15-18-39)26-13-12-23-9-6-16-33-29(23)37-26/h3-5,7-8,10-13,20,22,27,38H,2,6,9,14-19H2,1H3,(H,33,37)(H,40,41)(H,34,35,36)/t27-/m0/s1. The second kappa shape index (κ2) is 12.7. The first-order valence-electron chi connectivity index (χ1n) is 15.1. The van der Waals surface area contributed by atoms with Crippen LogP contribution in [0.15, 0.2) is 65.8 Å². The van der Waals surface area contributed by atoms with Crippen molar-refractivity contribution in [2.45, 2.75) is 55.9 Å². The van der Waals surface area contributed by atoms with Crippen LogP contribution >= 0.6 is 0 Å².